The first-order valence-corrected chi connectivity index (χ1v) is 11.6. The molecule has 10 heteroatoms. The molecule has 1 saturated carbocycles. The zero-order valence-electron chi connectivity index (χ0n) is 18.8. The molecule has 2 fully saturated rings. The van der Waals surface area contributed by atoms with Gasteiger partial charge >= 0.3 is 0 Å². The van der Waals surface area contributed by atoms with E-state index in [4.69, 9.17) is 5.73 Å². The molecule has 35 heavy (non-hydrogen) atoms. The molecular formula is C25H23N7O3. The number of likely N-dealkylation sites (tertiary alicyclic amines) is 1. The number of hydrogen-bond acceptors (Lipinski definition) is 6. The number of primary amides is 1. The number of fused-ring (bicyclic) bond motifs is 4. The molecule has 3 atom stereocenters. The Bertz CT molecular complexity index is 1500. The Hall–Kier alpha value is -4.34. The van der Waals surface area contributed by atoms with Crippen LogP contribution in [0.25, 0.3) is 21.9 Å². The Kier molecular flexibility index (Phi) is 4.94. The van der Waals surface area contributed by atoms with Crippen LogP contribution in [0.1, 0.15) is 29.8 Å². The minimum Gasteiger partial charge on any atom is -0.364 e. The van der Waals surface area contributed by atoms with Gasteiger partial charge in [0, 0.05) is 11.4 Å². The number of rotatable bonds is 5. The van der Waals surface area contributed by atoms with Gasteiger partial charge < -0.3 is 16.0 Å². The van der Waals surface area contributed by atoms with Crippen LogP contribution < -0.4 is 11.1 Å². The Morgan fingerprint density at radius 2 is 1.80 bits per heavy atom. The highest BCUT2D eigenvalue weighted by atomic mass is 16.2. The first kappa shape index (κ1) is 21.2. The zero-order valence-corrected chi connectivity index (χ0v) is 18.8. The number of nitrogens with one attached hydrogen (secondary N) is 1. The quantitative estimate of drug-likeness (QED) is 0.459. The van der Waals surface area contributed by atoms with Gasteiger partial charge in [-0.15, -0.1) is 0 Å². The Labute approximate surface area is 200 Å². The van der Waals surface area contributed by atoms with Gasteiger partial charge in [-0.3, -0.25) is 24.0 Å². The van der Waals surface area contributed by atoms with Crippen LogP contribution in [0.15, 0.2) is 54.7 Å². The van der Waals surface area contributed by atoms with E-state index in [2.05, 4.69) is 20.4 Å². The van der Waals surface area contributed by atoms with Crippen LogP contribution in [0.2, 0.25) is 0 Å². The SMILES string of the molecule is NC(=O)c1nn(CC(=O)N2[C@@H]3CC[C@@H](C3)[C@H]2C(=O)Nc2cnc3ccccc3n2)c2ccccc12. The molecule has 3 heterocycles. The van der Waals surface area contributed by atoms with Crippen LogP contribution in [0.5, 0.6) is 0 Å². The summed E-state index contributed by atoms with van der Waals surface area (Å²) in [6.45, 7) is -0.0867. The molecule has 2 bridgehead atoms. The molecule has 176 valence electrons. The molecule has 1 saturated heterocycles. The van der Waals surface area contributed by atoms with Gasteiger partial charge in [-0.2, -0.15) is 5.10 Å². The van der Waals surface area contributed by atoms with E-state index in [0.29, 0.717) is 22.2 Å². The maximum atomic E-state index is 13.5. The summed E-state index contributed by atoms with van der Waals surface area (Å²) in [5.41, 5.74) is 7.68. The minimum atomic E-state index is -0.652. The van der Waals surface area contributed by atoms with Gasteiger partial charge in [0.05, 0.1) is 22.7 Å². The molecule has 0 unspecified atom stereocenters. The lowest BCUT2D eigenvalue weighted by molar-refractivity contribution is -0.141. The van der Waals surface area contributed by atoms with E-state index in [9.17, 15) is 14.4 Å². The average molecular weight is 470 g/mol. The second kappa shape index (κ2) is 8.15. The number of piperidine rings is 1. The molecule has 3 amide bonds. The van der Waals surface area contributed by atoms with Crippen molar-refractivity contribution < 1.29 is 14.4 Å². The van der Waals surface area contributed by atoms with Crippen molar-refractivity contribution in [3.8, 4) is 0 Å². The first-order chi connectivity index (χ1) is 17.0. The van der Waals surface area contributed by atoms with E-state index < -0.39 is 11.9 Å². The van der Waals surface area contributed by atoms with Gasteiger partial charge in [-0.1, -0.05) is 30.3 Å². The molecule has 0 radical (unpaired) electrons. The van der Waals surface area contributed by atoms with Gasteiger partial charge in [-0.05, 0) is 43.4 Å². The molecule has 2 aliphatic rings. The average Bonchev–Trinajstić information content (AvgIpc) is 3.57. The smallest absolute Gasteiger partial charge is 0.269 e. The van der Waals surface area contributed by atoms with Gasteiger partial charge in [0.1, 0.15) is 12.6 Å². The third-order valence-electron chi connectivity index (χ3n) is 7.02. The highest BCUT2D eigenvalue weighted by molar-refractivity contribution is 6.04. The molecule has 10 nitrogen and oxygen atoms in total. The second-order valence-electron chi connectivity index (χ2n) is 9.09. The fraction of sp³-hybridized carbons (Fsp3) is 0.280. The number of benzene rings is 2. The number of aromatic nitrogens is 4. The fourth-order valence-corrected chi connectivity index (χ4v) is 5.54. The fourth-order valence-electron chi connectivity index (χ4n) is 5.54. The van der Waals surface area contributed by atoms with Crippen molar-refractivity contribution in [3.05, 3.63) is 60.4 Å². The maximum absolute atomic E-state index is 13.5. The number of hydrogen-bond donors (Lipinski definition) is 2. The number of carbonyl (C=O) groups is 3. The topological polar surface area (TPSA) is 136 Å². The van der Waals surface area contributed by atoms with Crippen molar-refractivity contribution in [3.63, 3.8) is 0 Å². The van der Waals surface area contributed by atoms with E-state index in [1.807, 2.05) is 30.3 Å². The van der Waals surface area contributed by atoms with Crippen LogP contribution in [-0.4, -0.2) is 54.5 Å². The number of amides is 3. The summed E-state index contributed by atoms with van der Waals surface area (Å²) in [5.74, 6) is -0.688. The summed E-state index contributed by atoms with van der Waals surface area (Å²) in [6, 6.07) is 14.0. The standard InChI is InChI=1S/C25H23N7O3/c26-24(34)22-16-5-1-4-8-19(16)31(30-22)13-21(33)32-15-10-9-14(11-15)23(32)25(35)29-20-12-27-17-6-2-3-7-18(17)28-20/h1-8,12,14-15,23H,9-11,13H2,(H2,26,34)(H,28,29,35)/t14-,15+,23-/m0/s1. The number of para-hydroxylation sites is 3. The normalized spacial score (nSPS) is 21.0. The van der Waals surface area contributed by atoms with E-state index in [1.165, 1.54) is 10.9 Å². The van der Waals surface area contributed by atoms with Gasteiger partial charge in [0.25, 0.3) is 5.91 Å². The highest BCUT2D eigenvalue weighted by Gasteiger charge is 2.51. The number of nitrogens with zero attached hydrogens (tertiary/aromatic N) is 5. The maximum Gasteiger partial charge on any atom is 0.269 e. The van der Waals surface area contributed by atoms with Crippen LogP contribution in [-0.2, 0) is 16.1 Å². The van der Waals surface area contributed by atoms with Crippen molar-refractivity contribution in [2.45, 2.75) is 37.9 Å². The Morgan fingerprint density at radius 1 is 1.03 bits per heavy atom. The molecule has 0 spiro atoms. The van der Waals surface area contributed by atoms with E-state index >= 15 is 0 Å². The highest BCUT2D eigenvalue weighted by Crippen LogP contribution is 2.43. The summed E-state index contributed by atoms with van der Waals surface area (Å²) in [4.78, 5) is 49.3. The first-order valence-electron chi connectivity index (χ1n) is 11.6. The van der Waals surface area contributed by atoms with E-state index in [-0.39, 0.29) is 36.0 Å². The monoisotopic (exact) mass is 469 g/mol. The van der Waals surface area contributed by atoms with Crippen molar-refractivity contribution >= 4 is 45.5 Å². The van der Waals surface area contributed by atoms with Crippen molar-refractivity contribution in [1.82, 2.24) is 24.6 Å². The van der Waals surface area contributed by atoms with E-state index in [1.54, 1.807) is 23.1 Å². The van der Waals surface area contributed by atoms with Crippen molar-refractivity contribution in [1.29, 1.82) is 0 Å². The lowest BCUT2D eigenvalue weighted by Crippen LogP contribution is -2.52. The lowest BCUT2D eigenvalue weighted by Gasteiger charge is -2.34. The molecule has 1 aliphatic heterocycles. The number of carbonyl (C=O) groups excluding carboxylic acids is 3. The molecule has 6 rings (SSSR count). The van der Waals surface area contributed by atoms with Crippen molar-refractivity contribution in [2.75, 3.05) is 5.32 Å². The van der Waals surface area contributed by atoms with Gasteiger partial charge in [0.15, 0.2) is 11.5 Å². The molecule has 2 aromatic carbocycles. The molecule has 2 aromatic heterocycles. The third kappa shape index (κ3) is 3.58. The van der Waals surface area contributed by atoms with Crippen molar-refractivity contribution in [2.24, 2.45) is 11.7 Å². The van der Waals surface area contributed by atoms with Crippen LogP contribution in [0.4, 0.5) is 5.82 Å². The zero-order chi connectivity index (χ0) is 24.1. The predicted octanol–water partition coefficient (Wildman–Crippen LogP) is 2.10. The Morgan fingerprint density at radius 3 is 2.63 bits per heavy atom. The molecular weight excluding hydrogens is 446 g/mol. The number of anilines is 1. The molecule has 1 aliphatic carbocycles. The van der Waals surface area contributed by atoms with Gasteiger partial charge in [0.2, 0.25) is 11.8 Å². The van der Waals surface area contributed by atoms with E-state index in [0.717, 1.165) is 24.8 Å². The Balaban J connectivity index is 1.26. The summed E-state index contributed by atoms with van der Waals surface area (Å²) in [6.07, 6.45) is 4.08. The van der Waals surface area contributed by atoms with Crippen LogP contribution in [0, 0.1) is 5.92 Å². The minimum absolute atomic E-state index is 0.00312. The van der Waals surface area contributed by atoms with Crippen LogP contribution in [0.3, 0.4) is 0 Å². The summed E-state index contributed by atoms with van der Waals surface area (Å²) < 4.78 is 1.49. The largest absolute Gasteiger partial charge is 0.364 e. The third-order valence-corrected chi connectivity index (χ3v) is 7.02. The molecule has 3 N–H and O–H groups in total. The summed E-state index contributed by atoms with van der Waals surface area (Å²) >= 11 is 0. The molecule has 4 aromatic rings. The lowest BCUT2D eigenvalue weighted by atomic mass is 9.97. The number of nitrogens with two attached hydrogens (primary N) is 1. The summed E-state index contributed by atoms with van der Waals surface area (Å²) in [7, 11) is 0. The predicted molar refractivity (Wildman–Crippen MR) is 128 cm³/mol. The second-order valence-corrected chi connectivity index (χ2v) is 9.09. The van der Waals surface area contributed by atoms with Crippen LogP contribution >= 0.6 is 0 Å². The summed E-state index contributed by atoms with van der Waals surface area (Å²) in [5, 5.41) is 7.77. The van der Waals surface area contributed by atoms with Gasteiger partial charge in [-0.25, -0.2) is 4.98 Å².